The molecule has 3 heterocycles. The van der Waals surface area contributed by atoms with Gasteiger partial charge in [-0.3, -0.25) is 4.79 Å². The van der Waals surface area contributed by atoms with Crippen LogP contribution in [0, 0.1) is 6.92 Å². The number of nitrogens with one attached hydrogen (secondary N) is 1. The van der Waals surface area contributed by atoms with E-state index in [4.69, 9.17) is 4.42 Å². The molecule has 1 N–H and O–H groups in total. The van der Waals surface area contributed by atoms with E-state index >= 15 is 0 Å². The number of furan rings is 1. The molecule has 6 heteroatoms. The van der Waals surface area contributed by atoms with Crippen molar-refractivity contribution in [3.8, 4) is 0 Å². The average Bonchev–Trinajstić information content (AvgIpc) is 3.04. The molecule has 21 heavy (non-hydrogen) atoms. The van der Waals surface area contributed by atoms with Crippen molar-refractivity contribution in [2.75, 3.05) is 0 Å². The van der Waals surface area contributed by atoms with Gasteiger partial charge >= 0.3 is 0 Å². The smallest absolute Gasteiger partial charge is 0.254 e. The summed E-state index contributed by atoms with van der Waals surface area (Å²) >= 11 is 0. The molecular formula is C15H20N4O2. The van der Waals surface area contributed by atoms with Crippen LogP contribution < -0.4 is 5.32 Å². The fourth-order valence-corrected chi connectivity index (χ4v) is 2.52. The largest absolute Gasteiger partial charge is 0.469 e. The molecule has 0 radical (unpaired) electrons. The van der Waals surface area contributed by atoms with Crippen LogP contribution in [-0.4, -0.2) is 26.7 Å². The Hall–Kier alpha value is -2.11. The SMILES string of the molecule is Cc1cc(C(=O)N[C@H]2CCc3nc(C(C)C)nn3C2)co1. The normalized spacial score (nSPS) is 17.8. The Morgan fingerprint density at radius 3 is 3.00 bits per heavy atom. The minimum Gasteiger partial charge on any atom is -0.469 e. The third-order valence-electron chi connectivity index (χ3n) is 3.72. The number of amides is 1. The van der Waals surface area contributed by atoms with E-state index in [0.717, 1.165) is 30.3 Å². The van der Waals surface area contributed by atoms with Crippen LogP contribution in [0.25, 0.3) is 0 Å². The van der Waals surface area contributed by atoms with Crippen LogP contribution in [-0.2, 0) is 13.0 Å². The topological polar surface area (TPSA) is 73.0 Å². The molecule has 112 valence electrons. The lowest BCUT2D eigenvalue weighted by atomic mass is 10.1. The Morgan fingerprint density at radius 2 is 2.33 bits per heavy atom. The van der Waals surface area contributed by atoms with Gasteiger partial charge in [-0.25, -0.2) is 9.67 Å². The molecule has 3 rings (SSSR count). The molecule has 6 nitrogen and oxygen atoms in total. The summed E-state index contributed by atoms with van der Waals surface area (Å²) in [7, 11) is 0. The minimum absolute atomic E-state index is 0.0851. The lowest BCUT2D eigenvalue weighted by molar-refractivity contribution is 0.0925. The van der Waals surface area contributed by atoms with E-state index < -0.39 is 0 Å². The summed E-state index contributed by atoms with van der Waals surface area (Å²) in [6.45, 7) is 6.67. The van der Waals surface area contributed by atoms with Gasteiger partial charge in [-0.1, -0.05) is 13.8 Å². The van der Waals surface area contributed by atoms with Crippen LogP contribution in [0.1, 0.15) is 54.0 Å². The first-order valence-electron chi connectivity index (χ1n) is 7.32. The fraction of sp³-hybridized carbons (Fsp3) is 0.533. The summed E-state index contributed by atoms with van der Waals surface area (Å²) < 4.78 is 7.09. The van der Waals surface area contributed by atoms with Crippen LogP contribution in [0.15, 0.2) is 16.7 Å². The first-order chi connectivity index (χ1) is 10.0. The lowest BCUT2D eigenvalue weighted by Crippen LogP contribution is -2.41. The molecule has 1 aliphatic heterocycles. The van der Waals surface area contributed by atoms with Gasteiger partial charge in [0.1, 0.15) is 17.8 Å². The van der Waals surface area contributed by atoms with Crippen molar-refractivity contribution in [1.82, 2.24) is 20.1 Å². The molecule has 0 spiro atoms. The number of aromatic nitrogens is 3. The number of carbonyl (C=O) groups is 1. The monoisotopic (exact) mass is 288 g/mol. The van der Waals surface area contributed by atoms with Gasteiger partial charge in [0.2, 0.25) is 0 Å². The van der Waals surface area contributed by atoms with Gasteiger partial charge in [-0.2, -0.15) is 5.10 Å². The number of hydrogen-bond donors (Lipinski definition) is 1. The van der Waals surface area contributed by atoms with Crippen molar-refractivity contribution < 1.29 is 9.21 Å². The van der Waals surface area contributed by atoms with E-state index in [1.165, 1.54) is 6.26 Å². The quantitative estimate of drug-likeness (QED) is 0.938. The zero-order valence-electron chi connectivity index (χ0n) is 12.6. The number of hydrogen-bond acceptors (Lipinski definition) is 4. The average molecular weight is 288 g/mol. The molecule has 0 unspecified atom stereocenters. The van der Waals surface area contributed by atoms with Gasteiger partial charge in [0, 0.05) is 18.4 Å². The first kappa shape index (κ1) is 13.9. The van der Waals surface area contributed by atoms with Crippen molar-refractivity contribution in [3.63, 3.8) is 0 Å². The Bertz CT molecular complexity index is 656. The zero-order valence-corrected chi connectivity index (χ0v) is 12.6. The van der Waals surface area contributed by atoms with E-state index in [2.05, 4.69) is 29.2 Å². The molecule has 0 saturated heterocycles. The highest BCUT2D eigenvalue weighted by molar-refractivity contribution is 5.94. The molecule has 0 saturated carbocycles. The second kappa shape index (κ2) is 5.35. The van der Waals surface area contributed by atoms with Crippen molar-refractivity contribution in [1.29, 1.82) is 0 Å². The van der Waals surface area contributed by atoms with Crippen LogP contribution >= 0.6 is 0 Å². The predicted octanol–water partition coefficient (Wildman–Crippen LogP) is 2.05. The van der Waals surface area contributed by atoms with E-state index in [0.29, 0.717) is 18.0 Å². The van der Waals surface area contributed by atoms with Crippen molar-refractivity contribution >= 4 is 5.91 Å². The Labute approximate surface area is 123 Å². The highest BCUT2D eigenvalue weighted by Gasteiger charge is 2.24. The van der Waals surface area contributed by atoms with E-state index in [1.807, 2.05) is 11.6 Å². The number of rotatable bonds is 3. The van der Waals surface area contributed by atoms with Gasteiger partial charge in [0.25, 0.3) is 5.91 Å². The van der Waals surface area contributed by atoms with Crippen LogP contribution in [0.5, 0.6) is 0 Å². The molecule has 0 bridgehead atoms. The van der Waals surface area contributed by atoms with Crippen LogP contribution in [0.2, 0.25) is 0 Å². The first-order valence-corrected chi connectivity index (χ1v) is 7.32. The Morgan fingerprint density at radius 1 is 1.52 bits per heavy atom. The molecule has 1 aliphatic rings. The van der Waals surface area contributed by atoms with Crippen molar-refractivity contribution in [3.05, 3.63) is 35.3 Å². The van der Waals surface area contributed by atoms with Gasteiger partial charge in [-0.15, -0.1) is 0 Å². The molecular weight excluding hydrogens is 268 g/mol. The van der Waals surface area contributed by atoms with E-state index in [-0.39, 0.29) is 11.9 Å². The van der Waals surface area contributed by atoms with Crippen LogP contribution in [0.4, 0.5) is 0 Å². The lowest BCUT2D eigenvalue weighted by Gasteiger charge is -2.23. The maximum absolute atomic E-state index is 12.1. The molecule has 1 atom stereocenters. The molecule has 2 aromatic heterocycles. The second-order valence-corrected chi connectivity index (χ2v) is 5.88. The zero-order chi connectivity index (χ0) is 15.0. The summed E-state index contributed by atoms with van der Waals surface area (Å²) in [5, 5.41) is 7.56. The van der Waals surface area contributed by atoms with E-state index in [1.54, 1.807) is 6.07 Å². The van der Waals surface area contributed by atoms with Crippen molar-refractivity contribution in [2.24, 2.45) is 0 Å². The summed E-state index contributed by atoms with van der Waals surface area (Å²) in [6, 6.07) is 1.83. The number of fused-ring (bicyclic) bond motifs is 1. The molecule has 0 aromatic carbocycles. The minimum atomic E-state index is -0.0931. The molecule has 2 aromatic rings. The molecule has 1 amide bonds. The summed E-state index contributed by atoms with van der Waals surface area (Å²) in [5.74, 6) is 2.87. The Kier molecular flexibility index (Phi) is 3.53. The van der Waals surface area contributed by atoms with Gasteiger partial charge < -0.3 is 9.73 Å². The molecule has 0 aliphatic carbocycles. The second-order valence-electron chi connectivity index (χ2n) is 5.88. The fourth-order valence-electron chi connectivity index (χ4n) is 2.52. The summed E-state index contributed by atoms with van der Waals surface area (Å²) in [6.07, 6.45) is 3.22. The van der Waals surface area contributed by atoms with Crippen LogP contribution in [0.3, 0.4) is 0 Å². The number of carbonyl (C=O) groups excluding carboxylic acids is 1. The number of aryl methyl sites for hydroxylation is 2. The Balaban J connectivity index is 1.67. The highest BCUT2D eigenvalue weighted by Crippen LogP contribution is 2.17. The summed E-state index contributed by atoms with van der Waals surface area (Å²) in [5.41, 5.74) is 0.569. The predicted molar refractivity (Wildman–Crippen MR) is 77.1 cm³/mol. The third-order valence-corrected chi connectivity index (χ3v) is 3.72. The maximum atomic E-state index is 12.1. The molecule has 0 fully saturated rings. The standard InChI is InChI=1S/C15H20N4O2/c1-9(2)14-17-13-5-4-12(7-19(13)18-14)16-15(20)11-6-10(3)21-8-11/h6,8-9,12H,4-5,7H2,1-3H3,(H,16,20)/t12-/m0/s1. The van der Waals surface area contributed by atoms with Gasteiger partial charge in [-0.05, 0) is 19.4 Å². The van der Waals surface area contributed by atoms with Gasteiger partial charge in [0.05, 0.1) is 12.1 Å². The maximum Gasteiger partial charge on any atom is 0.254 e. The van der Waals surface area contributed by atoms with E-state index in [9.17, 15) is 4.79 Å². The summed E-state index contributed by atoms with van der Waals surface area (Å²) in [4.78, 5) is 16.7. The van der Waals surface area contributed by atoms with Crippen molar-refractivity contribution in [2.45, 2.75) is 52.1 Å². The third kappa shape index (κ3) is 2.84. The number of nitrogens with zero attached hydrogens (tertiary/aromatic N) is 3. The highest BCUT2D eigenvalue weighted by atomic mass is 16.3. The van der Waals surface area contributed by atoms with Gasteiger partial charge in [0.15, 0.2) is 5.82 Å².